The van der Waals surface area contributed by atoms with E-state index in [0.29, 0.717) is 11.3 Å². The van der Waals surface area contributed by atoms with Crippen molar-refractivity contribution in [3.05, 3.63) is 28.2 Å². The van der Waals surface area contributed by atoms with Gasteiger partial charge in [0.1, 0.15) is 0 Å². The van der Waals surface area contributed by atoms with Gasteiger partial charge in [-0.3, -0.25) is 5.41 Å². The number of allylic oxidation sites excluding steroid dienone is 1. The van der Waals surface area contributed by atoms with Crippen LogP contribution in [0.25, 0.3) is 0 Å². The first kappa shape index (κ1) is 9.73. The maximum atomic E-state index is 7.51. The molecule has 0 saturated carbocycles. The lowest BCUT2D eigenvalue weighted by Gasteiger charge is -2.02. The highest BCUT2D eigenvalue weighted by atomic mass is 32.1. The number of nitrogens with one attached hydrogen (secondary N) is 3. The molecule has 1 aromatic rings. The standard InChI is InChI=1S/C8H12N4S/c1-11-5-7(4-9)6-12-2-3-13-8(12)10/h2-5,9-11H,6H2,1H3/b7-5+,9-4?,10-8?. The van der Waals surface area contributed by atoms with Crippen LogP contribution in [0.15, 0.2) is 23.3 Å². The summed E-state index contributed by atoms with van der Waals surface area (Å²) in [5, 5.41) is 19.4. The third-order valence-corrected chi connectivity index (χ3v) is 2.26. The van der Waals surface area contributed by atoms with Crippen molar-refractivity contribution in [1.82, 2.24) is 9.88 Å². The molecule has 0 amide bonds. The van der Waals surface area contributed by atoms with E-state index in [1.165, 1.54) is 17.6 Å². The zero-order chi connectivity index (χ0) is 9.68. The van der Waals surface area contributed by atoms with Gasteiger partial charge in [0.15, 0.2) is 4.80 Å². The van der Waals surface area contributed by atoms with E-state index in [2.05, 4.69) is 5.32 Å². The summed E-state index contributed by atoms with van der Waals surface area (Å²) >= 11 is 1.38. The number of hydrogen-bond acceptors (Lipinski definition) is 4. The summed E-state index contributed by atoms with van der Waals surface area (Å²) in [5.41, 5.74) is 0.847. The van der Waals surface area contributed by atoms with Gasteiger partial charge in [-0.05, 0) is 0 Å². The van der Waals surface area contributed by atoms with Gasteiger partial charge in [-0.1, -0.05) is 0 Å². The maximum Gasteiger partial charge on any atom is 0.182 e. The van der Waals surface area contributed by atoms with E-state index < -0.39 is 0 Å². The van der Waals surface area contributed by atoms with Gasteiger partial charge in [-0.25, -0.2) is 0 Å². The number of rotatable bonds is 4. The lowest BCUT2D eigenvalue weighted by Crippen LogP contribution is -2.15. The van der Waals surface area contributed by atoms with E-state index in [1.807, 2.05) is 11.6 Å². The largest absolute Gasteiger partial charge is 0.394 e. The molecule has 0 unspecified atom stereocenters. The van der Waals surface area contributed by atoms with Crippen molar-refractivity contribution in [1.29, 1.82) is 10.8 Å². The fraction of sp³-hybridized carbons (Fsp3) is 0.250. The minimum atomic E-state index is 0.504. The Labute approximate surface area is 80.6 Å². The molecule has 1 heterocycles. The van der Waals surface area contributed by atoms with Gasteiger partial charge in [0.05, 0.1) is 6.54 Å². The Kier molecular flexibility index (Phi) is 3.45. The van der Waals surface area contributed by atoms with Gasteiger partial charge in [0, 0.05) is 36.6 Å². The van der Waals surface area contributed by atoms with Crippen molar-refractivity contribution in [2.45, 2.75) is 6.54 Å². The Morgan fingerprint density at radius 1 is 1.77 bits per heavy atom. The van der Waals surface area contributed by atoms with Gasteiger partial charge in [0.2, 0.25) is 0 Å². The molecule has 0 aliphatic rings. The molecule has 0 aromatic carbocycles. The highest BCUT2D eigenvalue weighted by Crippen LogP contribution is 1.95. The van der Waals surface area contributed by atoms with Crippen molar-refractivity contribution in [2.75, 3.05) is 7.05 Å². The van der Waals surface area contributed by atoms with E-state index in [-0.39, 0.29) is 0 Å². The average Bonchev–Trinajstić information content (AvgIpc) is 2.51. The minimum absolute atomic E-state index is 0.504. The second-order valence-electron chi connectivity index (χ2n) is 2.49. The first-order chi connectivity index (χ1) is 6.27. The van der Waals surface area contributed by atoms with Crippen molar-refractivity contribution in [3.8, 4) is 0 Å². The third kappa shape index (κ3) is 2.55. The average molecular weight is 196 g/mol. The molecule has 0 saturated heterocycles. The van der Waals surface area contributed by atoms with Crippen LogP contribution in [0.5, 0.6) is 0 Å². The number of thiazole rings is 1. The van der Waals surface area contributed by atoms with Gasteiger partial charge >= 0.3 is 0 Å². The highest BCUT2D eigenvalue weighted by molar-refractivity contribution is 7.06. The summed E-state index contributed by atoms with van der Waals surface area (Å²) in [6, 6.07) is 0. The topological polar surface area (TPSA) is 64.7 Å². The Balaban J connectivity index is 2.79. The van der Waals surface area contributed by atoms with Gasteiger partial charge in [-0.15, -0.1) is 11.3 Å². The number of hydrogen-bond donors (Lipinski definition) is 3. The monoisotopic (exact) mass is 196 g/mol. The highest BCUT2D eigenvalue weighted by Gasteiger charge is 1.96. The smallest absolute Gasteiger partial charge is 0.182 e. The third-order valence-electron chi connectivity index (χ3n) is 1.55. The lowest BCUT2D eigenvalue weighted by atomic mass is 10.3. The molecule has 0 bridgehead atoms. The van der Waals surface area contributed by atoms with Crippen LogP contribution >= 0.6 is 11.3 Å². The van der Waals surface area contributed by atoms with Crippen LogP contribution in [0.1, 0.15) is 0 Å². The first-order valence-electron chi connectivity index (χ1n) is 3.83. The van der Waals surface area contributed by atoms with Crippen LogP contribution < -0.4 is 10.1 Å². The molecule has 1 aromatic heterocycles. The summed E-state index contributed by atoms with van der Waals surface area (Å²) in [6.45, 7) is 0.576. The molecule has 4 nitrogen and oxygen atoms in total. The molecule has 1 rings (SSSR count). The summed E-state index contributed by atoms with van der Waals surface area (Å²) in [6.07, 6.45) is 4.90. The Hall–Kier alpha value is -1.36. The van der Waals surface area contributed by atoms with Gasteiger partial charge in [0.25, 0.3) is 0 Å². The van der Waals surface area contributed by atoms with Crippen LogP contribution in [0.4, 0.5) is 0 Å². The van der Waals surface area contributed by atoms with Crippen molar-refractivity contribution < 1.29 is 0 Å². The SMILES string of the molecule is CN/C=C(\C=N)Cn1ccsc1=N. The van der Waals surface area contributed by atoms with Crippen LogP contribution in [-0.2, 0) is 6.54 Å². The van der Waals surface area contributed by atoms with Crippen LogP contribution in [-0.4, -0.2) is 17.8 Å². The Morgan fingerprint density at radius 2 is 2.54 bits per heavy atom. The Morgan fingerprint density at radius 3 is 3.00 bits per heavy atom. The van der Waals surface area contributed by atoms with Crippen molar-refractivity contribution >= 4 is 17.6 Å². The maximum absolute atomic E-state index is 7.51. The molecule has 3 N–H and O–H groups in total. The zero-order valence-electron chi connectivity index (χ0n) is 7.37. The first-order valence-corrected chi connectivity index (χ1v) is 4.71. The molecule has 0 fully saturated rings. The molecular formula is C8H12N4S. The number of nitrogens with zero attached hydrogens (tertiary/aromatic N) is 1. The fourth-order valence-electron chi connectivity index (χ4n) is 0.943. The fourth-order valence-corrected chi connectivity index (χ4v) is 1.54. The van der Waals surface area contributed by atoms with Crippen molar-refractivity contribution in [2.24, 2.45) is 0 Å². The molecule has 13 heavy (non-hydrogen) atoms. The van der Waals surface area contributed by atoms with Crippen LogP contribution in [0.3, 0.4) is 0 Å². The normalized spacial score (nSPS) is 11.3. The molecule has 0 spiro atoms. The lowest BCUT2D eigenvalue weighted by molar-refractivity contribution is 0.761. The van der Waals surface area contributed by atoms with Crippen molar-refractivity contribution in [3.63, 3.8) is 0 Å². The zero-order valence-corrected chi connectivity index (χ0v) is 8.19. The van der Waals surface area contributed by atoms with Gasteiger partial charge < -0.3 is 15.3 Å². The Bertz CT molecular complexity index is 360. The molecule has 70 valence electrons. The predicted octanol–water partition coefficient (Wildman–Crippen LogP) is 0.782. The molecule has 0 atom stereocenters. The van der Waals surface area contributed by atoms with E-state index in [0.717, 1.165) is 5.57 Å². The summed E-state index contributed by atoms with van der Waals surface area (Å²) < 4.78 is 1.79. The molecule has 5 heteroatoms. The molecule has 0 aliphatic heterocycles. The van der Waals surface area contributed by atoms with E-state index in [1.54, 1.807) is 17.8 Å². The summed E-state index contributed by atoms with van der Waals surface area (Å²) in [7, 11) is 1.80. The molecule has 0 radical (unpaired) electrons. The van der Waals surface area contributed by atoms with E-state index >= 15 is 0 Å². The second-order valence-corrected chi connectivity index (χ2v) is 3.38. The summed E-state index contributed by atoms with van der Waals surface area (Å²) in [4.78, 5) is 0.504. The predicted molar refractivity (Wildman–Crippen MR) is 54.1 cm³/mol. The van der Waals surface area contributed by atoms with Crippen LogP contribution in [0, 0.1) is 10.8 Å². The minimum Gasteiger partial charge on any atom is -0.394 e. The van der Waals surface area contributed by atoms with E-state index in [9.17, 15) is 0 Å². The summed E-state index contributed by atoms with van der Waals surface area (Å²) in [5.74, 6) is 0. The van der Waals surface area contributed by atoms with Gasteiger partial charge in [-0.2, -0.15) is 0 Å². The molecular weight excluding hydrogens is 184 g/mol. The van der Waals surface area contributed by atoms with Crippen LogP contribution in [0.2, 0.25) is 0 Å². The van der Waals surface area contributed by atoms with E-state index in [4.69, 9.17) is 10.8 Å². The molecule has 0 aliphatic carbocycles. The number of aromatic nitrogens is 1. The quantitative estimate of drug-likeness (QED) is 0.612. The second kappa shape index (κ2) is 4.61.